The Morgan fingerprint density at radius 1 is 1.48 bits per heavy atom. The lowest BCUT2D eigenvalue weighted by Gasteiger charge is -2.18. The van der Waals surface area contributed by atoms with Gasteiger partial charge in [-0.05, 0) is 19.1 Å². The molecule has 7 heteroatoms. The van der Waals surface area contributed by atoms with Crippen LogP contribution in [0.5, 0.6) is 0 Å². The zero-order valence-electron chi connectivity index (χ0n) is 13.2. The molecule has 23 heavy (non-hydrogen) atoms. The molecule has 1 saturated heterocycles. The van der Waals surface area contributed by atoms with Gasteiger partial charge in [-0.2, -0.15) is 0 Å². The van der Waals surface area contributed by atoms with Crippen molar-refractivity contribution in [2.75, 3.05) is 19.8 Å². The van der Waals surface area contributed by atoms with Crippen molar-refractivity contribution < 1.29 is 24.5 Å². The Kier molecular flexibility index (Phi) is 6.91. The van der Waals surface area contributed by atoms with E-state index < -0.39 is 18.3 Å². The number of nitrogens with zero attached hydrogens (tertiary/aromatic N) is 1. The van der Waals surface area contributed by atoms with E-state index in [0.717, 1.165) is 5.69 Å². The van der Waals surface area contributed by atoms with Gasteiger partial charge in [0, 0.05) is 31.3 Å². The molecule has 0 aliphatic carbocycles. The number of hydrogen-bond donors (Lipinski definition) is 3. The largest absolute Gasteiger partial charge is 0.394 e. The van der Waals surface area contributed by atoms with Gasteiger partial charge in [-0.15, -0.1) is 0 Å². The first kappa shape index (κ1) is 17.8. The zero-order valence-corrected chi connectivity index (χ0v) is 13.2. The number of amides is 1. The zero-order chi connectivity index (χ0) is 16.7. The smallest absolute Gasteiger partial charge is 0.222 e. The van der Waals surface area contributed by atoms with Gasteiger partial charge in [-0.3, -0.25) is 9.78 Å². The Bertz CT molecular complexity index is 485. The molecule has 2 rings (SSSR count). The molecule has 0 bridgehead atoms. The molecule has 0 saturated carbocycles. The molecule has 1 aliphatic heterocycles. The predicted molar refractivity (Wildman–Crippen MR) is 82.7 cm³/mol. The molecule has 0 spiro atoms. The molecule has 2 heterocycles. The van der Waals surface area contributed by atoms with E-state index in [2.05, 4.69) is 10.3 Å². The summed E-state index contributed by atoms with van der Waals surface area (Å²) in [5.41, 5.74) is 0.930. The molecule has 0 aromatic carbocycles. The molecule has 1 fully saturated rings. The van der Waals surface area contributed by atoms with Crippen molar-refractivity contribution >= 4 is 5.91 Å². The van der Waals surface area contributed by atoms with Gasteiger partial charge >= 0.3 is 0 Å². The highest BCUT2D eigenvalue weighted by Gasteiger charge is 2.41. The summed E-state index contributed by atoms with van der Waals surface area (Å²) >= 11 is 0. The molecule has 4 atom stereocenters. The van der Waals surface area contributed by atoms with E-state index in [1.807, 2.05) is 18.2 Å². The van der Waals surface area contributed by atoms with Gasteiger partial charge in [0.05, 0.1) is 19.3 Å². The molecule has 1 amide bonds. The van der Waals surface area contributed by atoms with E-state index in [-0.39, 0.29) is 31.6 Å². The number of ether oxygens (including phenoxy) is 2. The van der Waals surface area contributed by atoms with E-state index in [0.29, 0.717) is 13.0 Å². The molecular weight excluding hydrogens is 300 g/mol. The van der Waals surface area contributed by atoms with Crippen LogP contribution in [0.2, 0.25) is 0 Å². The second kappa shape index (κ2) is 8.93. The lowest BCUT2D eigenvalue weighted by molar-refractivity contribution is -0.123. The number of pyridine rings is 1. The maximum absolute atomic E-state index is 11.7. The first-order valence-electron chi connectivity index (χ1n) is 7.84. The summed E-state index contributed by atoms with van der Waals surface area (Å²) in [6, 6.07) is 5.67. The molecular formula is C16H24N2O5. The Balaban J connectivity index is 1.61. The number of aliphatic hydroxyl groups is 2. The summed E-state index contributed by atoms with van der Waals surface area (Å²) in [6.07, 6.45) is 0.285. The summed E-state index contributed by atoms with van der Waals surface area (Å²) in [6.45, 7) is 2.24. The third kappa shape index (κ3) is 5.24. The monoisotopic (exact) mass is 324 g/mol. The lowest BCUT2D eigenvalue weighted by atomic mass is 10.1. The van der Waals surface area contributed by atoms with Gasteiger partial charge in [0.2, 0.25) is 5.91 Å². The number of rotatable bonds is 8. The number of aromatic nitrogens is 1. The number of carbonyl (C=O) groups excluding carboxylic acids is 1. The minimum Gasteiger partial charge on any atom is -0.394 e. The molecule has 128 valence electrons. The average Bonchev–Trinajstić information content (AvgIpc) is 2.83. The highest BCUT2D eigenvalue weighted by molar-refractivity contribution is 5.75. The van der Waals surface area contributed by atoms with Crippen LogP contribution in [0.3, 0.4) is 0 Å². The van der Waals surface area contributed by atoms with Gasteiger partial charge in [0.25, 0.3) is 0 Å². The summed E-state index contributed by atoms with van der Waals surface area (Å²) in [5.74, 6) is -0.110. The normalized spacial score (nSPS) is 27.1. The molecule has 0 radical (unpaired) electrons. The fourth-order valence-corrected chi connectivity index (χ4v) is 2.56. The van der Waals surface area contributed by atoms with Crippen LogP contribution in [0, 0.1) is 0 Å². The maximum Gasteiger partial charge on any atom is 0.222 e. The first-order valence-corrected chi connectivity index (χ1v) is 7.84. The minimum absolute atomic E-state index is 0.110. The minimum atomic E-state index is -0.873. The van der Waals surface area contributed by atoms with Crippen molar-refractivity contribution in [3.63, 3.8) is 0 Å². The summed E-state index contributed by atoms with van der Waals surface area (Å²) in [7, 11) is 0. The molecule has 1 aromatic rings. The Morgan fingerprint density at radius 2 is 2.30 bits per heavy atom. The van der Waals surface area contributed by atoms with Crippen LogP contribution >= 0.6 is 0 Å². The van der Waals surface area contributed by atoms with E-state index >= 15 is 0 Å². The maximum atomic E-state index is 11.7. The molecule has 1 aromatic heterocycles. The van der Waals surface area contributed by atoms with E-state index in [1.54, 1.807) is 13.1 Å². The predicted octanol–water partition coefficient (Wildman–Crippen LogP) is -0.344. The highest BCUT2D eigenvalue weighted by atomic mass is 16.6. The van der Waals surface area contributed by atoms with Crippen molar-refractivity contribution in [1.29, 1.82) is 0 Å². The highest BCUT2D eigenvalue weighted by Crippen LogP contribution is 2.23. The van der Waals surface area contributed by atoms with Crippen LogP contribution in [-0.2, 0) is 20.7 Å². The third-order valence-electron chi connectivity index (χ3n) is 3.82. The molecule has 7 nitrogen and oxygen atoms in total. The fraction of sp³-hybridized carbons (Fsp3) is 0.625. The summed E-state index contributed by atoms with van der Waals surface area (Å²) in [5, 5.41) is 21.8. The third-order valence-corrected chi connectivity index (χ3v) is 3.82. The number of hydrogen-bond acceptors (Lipinski definition) is 6. The van der Waals surface area contributed by atoms with E-state index in [1.165, 1.54) is 0 Å². The second-order valence-corrected chi connectivity index (χ2v) is 5.56. The summed E-state index contributed by atoms with van der Waals surface area (Å²) in [4.78, 5) is 15.9. The van der Waals surface area contributed by atoms with Crippen LogP contribution in [0.4, 0.5) is 0 Å². The Hall–Kier alpha value is -1.54. The standard InChI is InChI=1S/C16H24N2O5/c1-11-16(15(21)13(10-19)23-11)22-9-6-14(20)18-8-5-12-4-2-3-7-17-12/h2-4,7,11,13,15-16,19,21H,5-6,8-10H2,1H3,(H,18,20). The van der Waals surface area contributed by atoms with E-state index in [4.69, 9.17) is 14.6 Å². The quantitative estimate of drug-likeness (QED) is 0.605. The van der Waals surface area contributed by atoms with Crippen molar-refractivity contribution in [3.05, 3.63) is 30.1 Å². The van der Waals surface area contributed by atoms with Crippen LogP contribution in [-0.4, -0.2) is 65.3 Å². The van der Waals surface area contributed by atoms with Crippen molar-refractivity contribution in [3.8, 4) is 0 Å². The van der Waals surface area contributed by atoms with Gasteiger partial charge in [-0.25, -0.2) is 0 Å². The molecule has 3 N–H and O–H groups in total. The lowest BCUT2D eigenvalue weighted by Crippen LogP contribution is -2.36. The van der Waals surface area contributed by atoms with Crippen LogP contribution in [0.1, 0.15) is 19.0 Å². The molecule has 1 aliphatic rings. The fourth-order valence-electron chi connectivity index (χ4n) is 2.56. The Morgan fingerprint density at radius 3 is 2.96 bits per heavy atom. The number of aliphatic hydroxyl groups excluding tert-OH is 2. The second-order valence-electron chi connectivity index (χ2n) is 5.56. The van der Waals surface area contributed by atoms with Gasteiger partial charge in [0.1, 0.15) is 18.3 Å². The SMILES string of the molecule is CC1OC(CO)C(O)C1OCCC(=O)NCCc1ccccn1. The van der Waals surface area contributed by atoms with Gasteiger partial charge in [0.15, 0.2) is 0 Å². The van der Waals surface area contributed by atoms with Crippen molar-refractivity contribution in [2.45, 2.75) is 44.2 Å². The van der Waals surface area contributed by atoms with Crippen LogP contribution in [0.25, 0.3) is 0 Å². The van der Waals surface area contributed by atoms with Crippen LogP contribution in [0.15, 0.2) is 24.4 Å². The van der Waals surface area contributed by atoms with E-state index in [9.17, 15) is 9.90 Å². The molecule has 4 unspecified atom stereocenters. The Labute approximate surface area is 135 Å². The average molecular weight is 324 g/mol. The summed E-state index contributed by atoms with van der Waals surface area (Å²) < 4.78 is 10.9. The van der Waals surface area contributed by atoms with Crippen molar-refractivity contribution in [1.82, 2.24) is 10.3 Å². The topological polar surface area (TPSA) is 101 Å². The van der Waals surface area contributed by atoms with Crippen molar-refractivity contribution in [2.24, 2.45) is 0 Å². The van der Waals surface area contributed by atoms with Crippen LogP contribution < -0.4 is 5.32 Å². The number of carbonyl (C=O) groups is 1. The van der Waals surface area contributed by atoms with Gasteiger partial charge < -0.3 is 25.0 Å². The first-order chi connectivity index (χ1) is 11.1. The number of nitrogens with one attached hydrogen (secondary N) is 1. The van der Waals surface area contributed by atoms with Gasteiger partial charge in [-0.1, -0.05) is 6.07 Å².